The van der Waals surface area contributed by atoms with E-state index in [4.69, 9.17) is 15.2 Å². The number of rotatable bonds is 5. The fourth-order valence-corrected chi connectivity index (χ4v) is 2.84. The average Bonchev–Trinajstić information content (AvgIpc) is 2.30. The topological polar surface area (TPSA) is 44.5 Å². The number of methoxy groups -OCH3 is 2. The molecule has 3 nitrogen and oxygen atoms in total. The maximum absolute atomic E-state index is 5.67. The van der Waals surface area contributed by atoms with Crippen molar-refractivity contribution in [3.05, 3.63) is 0 Å². The lowest BCUT2D eigenvalue weighted by Gasteiger charge is -2.44. The summed E-state index contributed by atoms with van der Waals surface area (Å²) in [5.41, 5.74) is 5.67. The first kappa shape index (κ1) is 12.9. The van der Waals surface area contributed by atoms with E-state index < -0.39 is 0 Å². The Morgan fingerprint density at radius 3 is 2.47 bits per heavy atom. The fourth-order valence-electron chi connectivity index (χ4n) is 2.84. The van der Waals surface area contributed by atoms with E-state index in [1.54, 1.807) is 14.2 Å². The second kappa shape index (κ2) is 5.83. The molecule has 0 aromatic heterocycles. The van der Waals surface area contributed by atoms with Gasteiger partial charge in [-0.3, -0.25) is 0 Å². The number of nitrogens with two attached hydrogens (primary N) is 1. The molecule has 0 aliphatic heterocycles. The third-order valence-corrected chi connectivity index (χ3v) is 3.92. The maximum atomic E-state index is 5.67. The van der Waals surface area contributed by atoms with Crippen LogP contribution in [-0.4, -0.2) is 26.6 Å². The highest BCUT2D eigenvalue weighted by Crippen LogP contribution is 2.42. The average molecular weight is 215 g/mol. The molecule has 90 valence electrons. The Bertz CT molecular complexity index is 180. The van der Waals surface area contributed by atoms with Gasteiger partial charge in [0.15, 0.2) is 5.79 Å². The predicted octanol–water partition coefficient (Wildman–Crippen LogP) is 2.15. The van der Waals surface area contributed by atoms with Crippen LogP contribution in [0.3, 0.4) is 0 Å². The molecule has 2 atom stereocenters. The molecule has 1 aliphatic rings. The molecular formula is C12H25NO2. The van der Waals surface area contributed by atoms with Crippen LogP contribution in [0, 0.1) is 11.8 Å². The number of hydrogen-bond acceptors (Lipinski definition) is 3. The smallest absolute Gasteiger partial charge is 0.170 e. The molecule has 2 unspecified atom stereocenters. The maximum Gasteiger partial charge on any atom is 0.170 e. The van der Waals surface area contributed by atoms with Gasteiger partial charge in [0.05, 0.1) is 0 Å². The molecule has 1 aliphatic carbocycles. The minimum Gasteiger partial charge on any atom is -0.353 e. The predicted molar refractivity (Wildman–Crippen MR) is 61.5 cm³/mol. The lowest BCUT2D eigenvalue weighted by atomic mass is 9.74. The first-order chi connectivity index (χ1) is 7.22. The molecular weight excluding hydrogens is 190 g/mol. The molecule has 15 heavy (non-hydrogen) atoms. The summed E-state index contributed by atoms with van der Waals surface area (Å²) in [5.74, 6) is 0.904. The summed E-state index contributed by atoms with van der Waals surface area (Å²) in [4.78, 5) is 0. The summed E-state index contributed by atoms with van der Waals surface area (Å²) in [7, 11) is 3.50. The highest BCUT2D eigenvalue weighted by Gasteiger charge is 2.43. The van der Waals surface area contributed by atoms with Crippen LogP contribution in [0.15, 0.2) is 0 Å². The molecule has 0 bridgehead atoms. The SMILES string of the molecule is CCC1CCC(OC)(OC)C(CCN)C1. The molecule has 0 saturated heterocycles. The summed E-state index contributed by atoms with van der Waals surface area (Å²) < 4.78 is 11.2. The molecule has 0 spiro atoms. The van der Waals surface area contributed by atoms with Crippen LogP contribution in [0.5, 0.6) is 0 Å². The summed E-state index contributed by atoms with van der Waals surface area (Å²) in [6.07, 6.45) is 5.65. The zero-order valence-electron chi connectivity index (χ0n) is 10.3. The van der Waals surface area contributed by atoms with Crippen LogP contribution in [0.2, 0.25) is 0 Å². The Kier molecular flexibility index (Phi) is 5.03. The first-order valence-corrected chi connectivity index (χ1v) is 6.02. The molecule has 0 radical (unpaired) electrons. The van der Waals surface area contributed by atoms with Crippen molar-refractivity contribution in [2.75, 3.05) is 20.8 Å². The van der Waals surface area contributed by atoms with E-state index in [-0.39, 0.29) is 5.79 Å². The Morgan fingerprint density at radius 1 is 1.33 bits per heavy atom. The van der Waals surface area contributed by atoms with Gasteiger partial charge in [-0.1, -0.05) is 13.3 Å². The summed E-state index contributed by atoms with van der Waals surface area (Å²) in [6, 6.07) is 0. The van der Waals surface area contributed by atoms with Crippen molar-refractivity contribution in [1.82, 2.24) is 0 Å². The van der Waals surface area contributed by atoms with E-state index in [9.17, 15) is 0 Å². The second-order valence-electron chi connectivity index (χ2n) is 4.54. The van der Waals surface area contributed by atoms with Crippen molar-refractivity contribution >= 4 is 0 Å². The Labute approximate surface area is 93.3 Å². The van der Waals surface area contributed by atoms with Gasteiger partial charge in [0.25, 0.3) is 0 Å². The molecule has 1 fully saturated rings. The van der Waals surface area contributed by atoms with Crippen LogP contribution in [0.4, 0.5) is 0 Å². The fraction of sp³-hybridized carbons (Fsp3) is 1.00. The van der Waals surface area contributed by atoms with E-state index in [1.165, 1.54) is 19.3 Å². The minimum atomic E-state index is -0.370. The zero-order chi connectivity index (χ0) is 11.3. The van der Waals surface area contributed by atoms with Gasteiger partial charge in [0.1, 0.15) is 0 Å². The molecule has 1 saturated carbocycles. The van der Waals surface area contributed by atoms with Crippen molar-refractivity contribution in [2.24, 2.45) is 17.6 Å². The number of hydrogen-bond donors (Lipinski definition) is 1. The van der Waals surface area contributed by atoms with Crippen molar-refractivity contribution < 1.29 is 9.47 Å². The third-order valence-electron chi connectivity index (χ3n) is 3.92. The molecule has 0 aromatic rings. The summed E-state index contributed by atoms with van der Waals surface area (Å²) in [6.45, 7) is 2.98. The number of ether oxygens (including phenoxy) is 2. The van der Waals surface area contributed by atoms with E-state index in [1.807, 2.05) is 0 Å². The highest BCUT2D eigenvalue weighted by molar-refractivity contribution is 4.87. The van der Waals surface area contributed by atoms with Crippen LogP contribution in [-0.2, 0) is 9.47 Å². The van der Waals surface area contributed by atoms with E-state index >= 15 is 0 Å². The Hall–Kier alpha value is -0.120. The van der Waals surface area contributed by atoms with Crippen molar-refractivity contribution in [3.63, 3.8) is 0 Å². The largest absolute Gasteiger partial charge is 0.353 e. The van der Waals surface area contributed by atoms with E-state index in [0.717, 1.165) is 25.3 Å². The molecule has 0 aromatic carbocycles. The van der Waals surface area contributed by atoms with Crippen LogP contribution in [0.25, 0.3) is 0 Å². The third kappa shape index (κ3) is 2.71. The normalized spacial score (nSPS) is 30.4. The Balaban J connectivity index is 2.69. The molecule has 2 N–H and O–H groups in total. The van der Waals surface area contributed by atoms with Gasteiger partial charge < -0.3 is 15.2 Å². The van der Waals surface area contributed by atoms with Gasteiger partial charge >= 0.3 is 0 Å². The van der Waals surface area contributed by atoms with E-state index in [0.29, 0.717) is 5.92 Å². The van der Waals surface area contributed by atoms with Gasteiger partial charge in [-0.05, 0) is 31.7 Å². The zero-order valence-corrected chi connectivity index (χ0v) is 10.3. The van der Waals surface area contributed by atoms with Crippen molar-refractivity contribution in [1.29, 1.82) is 0 Å². The highest BCUT2D eigenvalue weighted by atomic mass is 16.7. The molecule has 3 heteroatoms. The van der Waals surface area contributed by atoms with Gasteiger partial charge in [-0.2, -0.15) is 0 Å². The molecule has 1 rings (SSSR count). The van der Waals surface area contributed by atoms with Crippen LogP contribution < -0.4 is 5.73 Å². The summed E-state index contributed by atoms with van der Waals surface area (Å²) in [5, 5.41) is 0. The first-order valence-electron chi connectivity index (χ1n) is 6.02. The van der Waals surface area contributed by atoms with Gasteiger partial charge in [-0.25, -0.2) is 0 Å². The van der Waals surface area contributed by atoms with Crippen molar-refractivity contribution in [3.8, 4) is 0 Å². The van der Waals surface area contributed by atoms with Gasteiger partial charge in [-0.15, -0.1) is 0 Å². The second-order valence-corrected chi connectivity index (χ2v) is 4.54. The Morgan fingerprint density at radius 2 is 2.00 bits per heavy atom. The van der Waals surface area contributed by atoms with Gasteiger partial charge in [0.2, 0.25) is 0 Å². The van der Waals surface area contributed by atoms with Crippen LogP contribution >= 0.6 is 0 Å². The molecule has 0 heterocycles. The monoisotopic (exact) mass is 215 g/mol. The van der Waals surface area contributed by atoms with Gasteiger partial charge in [0, 0.05) is 26.6 Å². The summed E-state index contributed by atoms with van der Waals surface area (Å²) >= 11 is 0. The molecule has 0 amide bonds. The van der Waals surface area contributed by atoms with E-state index in [2.05, 4.69) is 6.92 Å². The lowest BCUT2D eigenvalue weighted by molar-refractivity contribution is -0.260. The minimum absolute atomic E-state index is 0.370. The van der Waals surface area contributed by atoms with Crippen LogP contribution in [0.1, 0.15) is 39.0 Å². The quantitative estimate of drug-likeness (QED) is 0.715. The van der Waals surface area contributed by atoms with Crippen molar-refractivity contribution in [2.45, 2.75) is 44.8 Å². The standard InChI is InChI=1S/C12H25NO2/c1-4-10-5-7-12(14-2,15-3)11(9-10)6-8-13/h10-11H,4-9,13H2,1-3H3. The lowest BCUT2D eigenvalue weighted by Crippen LogP contribution is -2.47.